The van der Waals surface area contributed by atoms with Crippen LogP contribution < -0.4 is 15.4 Å². The summed E-state index contributed by atoms with van der Waals surface area (Å²) in [5.41, 5.74) is 1.14. The molecule has 0 saturated carbocycles. The molecule has 0 aliphatic rings. The molecule has 0 fully saturated rings. The fourth-order valence-corrected chi connectivity index (χ4v) is 1.94. The number of hydrogen-bond acceptors (Lipinski definition) is 2. The first kappa shape index (κ1) is 15.1. The van der Waals surface area contributed by atoms with Gasteiger partial charge in [0, 0.05) is 12.6 Å². The largest absolute Gasteiger partial charge is 0.497 e. The fraction of sp³-hybridized carbons (Fsp3) is 0.133. The van der Waals surface area contributed by atoms with Crippen molar-refractivity contribution < 1.29 is 13.9 Å². The molecule has 0 atom stereocenters. The van der Waals surface area contributed by atoms with Crippen molar-refractivity contribution in [2.45, 2.75) is 6.54 Å². The van der Waals surface area contributed by atoms with Gasteiger partial charge in [-0.3, -0.25) is 0 Å². The lowest BCUT2D eigenvalue weighted by molar-refractivity contribution is 0.251. The minimum absolute atomic E-state index is 0.220. The maximum atomic E-state index is 13.0. The van der Waals surface area contributed by atoms with Gasteiger partial charge < -0.3 is 15.4 Å². The Kier molecular flexibility index (Phi) is 5.00. The molecule has 0 bridgehead atoms. The number of nitrogens with one attached hydrogen (secondary N) is 2. The van der Waals surface area contributed by atoms with Crippen LogP contribution >= 0.6 is 11.6 Å². The summed E-state index contributed by atoms with van der Waals surface area (Å²) in [6.07, 6.45) is 0. The summed E-state index contributed by atoms with van der Waals surface area (Å²) in [6.45, 7) is 0.220. The molecule has 4 nitrogen and oxygen atoms in total. The molecule has 110 valence electrons. The molecule has 0 saturated heterocycles. The summed E-state index contributed by atoms with van der Waals surface area (Å²) in [5.74, 6) is 0.263. The highest BCUT2D eigenvalue weighted by molar-refractivity contribution is 6.33. The van der Waals surface area contributed by atoms with Crippen LogP contribution in [-0.2, 0) is 6.54 Å². The van der Waals surface area contributed by atoms with Gasteiger partial charge in [0.15, 0.2) is 0 Å². The summed E-state index contributed by atoms with van der Waals surface area (Å²) < 4.78 is 18.0. The van der Waals surface area contributed by atoms with Crippen LogP contribution in [0, 0.1) is 5.82 Å². The number of halogens is 2. The van der Waals surface area contributed by atoms with Gasteiger partial charge in [-0.2, -0.15) is 0 Å². The van der Waals surface area contributed by atoms with Gasteiger partial charge in [0.2, 0.25) is 0 Å². The quantitative estimate of drug-likeness (QED) is 0.902. The molecule has 2 aromatic rings. The lowest BCUT2D eigenvalue weighted by Crippen LogP contribution is -2.28. The number of ether oxygens (including phenoxy) is 1. The van der Waals surface area contributed by atoms with Crippen LogP contribution in [-0.4, -0.2) is 13.1 Å². The number of urea groups is 1. The highest BCUT2D eigenvalue weighted by atomic mass is 35.5. The molecular weight excluding hydrogens is 295 g/mol. The van der Waals surface area contributed by atoms with Crippen LogP contribution in [0.1, 0.15) is 5.56 Å². The third-order valence-corrected chi connectivity index (χ3v) is 3.08. The summed E-state index contributed by atoms with van der Waals surface area (Å²) >= 11 is 6.02. The molecule has 2 rings (SSSR count). The van der Waals surface area contributed by atoms with Crippen LogP contribution in [0.3, 0.4) is 0 Å². The predicted molar refractivity (Wildman–Crippen MR) is 80.3 cm³/mol. The van der Waals surface area contributed by atoms with E-state index in [0.717, 1.165) is 0 Å². The van der Waals surface area contributed by atoms with E-state index < -0.39 is 6.03 Å². The smallest absolute Gasteiger partial charge is 0.319 e. The molecule has 2 N–H and O–H groups in total. The summed E-state index contributed by atoms with van der Waals surface area (Å²) in [7, 11) is 1.53. The van der Waals surface area contributed by atoms with Gasteiger partial charge in [-0.25, -0.2) is 9.18 Å². The third-order valence-electron chi connectivity index (χ3n) is 2.77. The standard InChI is InChI=1S/C15H14ClFN2O2/c1-21-12-5-6-14(13(16)8-12)19-15(20)18-9-10-3-2-4-11(17)7-10/h2-8H,9H2,1H3,(H2,18,19,20). The van der Waals surface area contributed by atoms with E-state index in [1.807, 2.05) is 0 Å². The number of benzene rings is 2. The molecule has 0 spiro atoms. The predicted octanol–water partition coefficient (Wildman–Crippen LogP) is 3.81. The maximum Gasteiger partial charge on any atom is 0.319 e. The second-order valence-corrected chi connectivity index (χ2v) is 4.69. The van der Waals surface area contributed by atoms with E-state index in [0.29, 0.717) is 22.0 Å². The van der Waals surface area contributed by atoms with Crippen molar-refractivity contribution in [2.24, 2.45) is 0 Å². The van der Waals surface area contributed by atoms with Gasteiger partial charge in [-0.1, -0.05) is 23.7 Å². The van der Waals surface area contributed by atoms with Crippen molar-refractivity contribution in [2.75, 3.05) is 12.4 Å². The Morgan fingerprint density at radius 3 is 2.76 bits per heavy atom. The van der Waals surface area contributed by atoms with Crippen molar-refractivity contribution in [1.82, 2.24) is 5.32 Å². The zero-order valence-electron chi connectivity index (χ0n) is 11.3. The Balaban J connectivity index is 1.93. The van der Waals surface area contributed by atoms with E-state index in [2.05, 4.69) is 10.6 Å². The molecular formula is C15H14ClFN2O2. The Bertz CT molecular complexity index is 649. The molecule has 21 heavy (non-hydrogen) atoms. The third kappa shape index (κ3) is 4.36. The zero-order valence-corrected chi connectivity index (χ0v) is 12.1. The molecule has 0 heterocycles. The van der Waals surface area contributed by atoms with E-state index >= 15 is 0 Å². The second-order valence-electron chi connectivity index (χ2n) is 4.28. The van der Waals surface area contributed by atoms with Gasteiger partial charge in [-0.05, 0) is 29.8 Å². The molecule has 0 aliphatic carbocycles. The maximum absolute atomic E-state index is 13.0. The molecule has 0 unspecified atom stereocenters. The highest BCUT2D eigenvalue weighted by Crippen LogP contribution is 2.26. The van der Waals surface area contributed by atoms with Crippen LogP contribution in [0.4, 0.5) is 14.9 Å². The fourth-order valence-electron chi connectivity index (χ4n) is 1.72. The minimum atomic E-state index is -0.425. The Morgan fingerprint density at radius 2 is 2.10 bits per heavy atom. The van der Waals surface area contributed by atoms with Crippen LogP contribution in [0.15, 0.2) is 42.5 Å². The van der Waals surface area contributed by atoms with Gasteiger partial charge in [0.05, 0.1) is 17.8 Å². The number of methoxy groups -OCH3 is 1. The van der Waals surface area contributed by atoms with Gasteiger partial charge in [0.1, 0.15) is 11.6 Å². The monoisotopic (exact) mass is 308 g/mol. The van der Waals surface area contributed by atoms with E-state index in [9.17, 15) is 9.18 Å². The number of carbonyl (C=O) groups excluding carboxylic acids is 1. The number of rotatable bonds is 4. The van der Waals surface area contributed by atoms with Crippen molar-refractivity contribution in [3.8, 4) is 5.75 Å². The Labute approximate surface area is 126 Å². The van der Waals surface area contributed by atoms with Crippen molar-refractivity contribution in [1.29, 1.82) is 0 Å². The summed E-state index contributed by atoms with van der Waals surface area (Å²) in [5, 5.41) is 5.61. The van der Waals surface area contributed by atoms with E-state index in [1.54, 1.807) is 30.3 Å². The van der Waals surface area contributed by atoms with Crippen molar-refractivity contribution >= 4 is 23.3 Å². The summed E-state index contributed by atoms with van der Waals surface area (Å²) in [4.78, 5) is 11.8. The Hall–Kier alpha value is -2.27. The van der Waals surface area contributed by atoms with Gasteiger partial charge >= 0.3 is 6.03 Å². The molecule has 6 heteroatoms. The lowest BCUT2D eigenvalue weighted by atomic mass is 10.2. The zero-order chi connectivity index (χ0) is 15.2. The van der Waals surface area contributed by atoms with Crippen molar-refractivity contribution in [3.63, 3.8) is 0 Å². The second kappa shape index (κ2) is 6.95. The first-order chi connectivity index (χ1) is 10.1. The number of hydrogen-bond donors (Lipinski definition) is 2. The van der Waals surface area contributed by atoms with Crippen molar-refractivity contribution in [3.05, 3.63) is 58.9 Å². The number of carbonyl (C=O) groups is 1. The van der Waals surface area contributed by atoms with Crippen LogP contribution in [0.2, 0.25) is 5.02 Å². The average molecular weight is 309 g/mol. The molecule has 2 aromatic carbocycles. The SMILES string of the molecule is COc1ccc(NC(=O)NCc2cccc(F)c2)c(Cl)c1. The van der Waals surface area contributed by atoms with E-state index in [-0.39, 0.29) is 12.4 Å². The van der Waals surface area contributed by atoms with Crippen LogP contribution in [0.25, 0.3) is 0 Å². The first-order valence-electron chi connectivity index (χ1n) is 6.21. The average Bonchev–Trinajstić information content (AvgIpc) is 2.47. The van der Waals surface area contributed by atoms with E-state index in [4.69, 9.17) is 16.3 Å². The molecule has 0 radical (unpaired) electrons. The minimum Gasteiger partial charge on any atom is -0.497 e. The molecule has 2 amide bonds. The lowest BCUT2D eigenvalue weighted by Gasteiger charge is -2.10. The topological polar surface area (TPSA) is 50.4 Å². The number of amides is 2. The number of anilines is 1. The highest BCUT2D eigenvalue weighted by Gasteiger charge is 2.06. The van der Waals surface area contributed by atoms with Crippen LogP contribution in [0.5, 0.6) is 5.75 Å². The van der Waals surface area contributed by atoms with E-state index in [1.165, 1.54) is 19.2 Å². The molecule has 0 aliphatic heterocycles. The van der Waals surface area contributed by atoms with Gasteiger partial charge in [0.25, 0.3) is 0 Å². The van der Waals surface area contributed by atoms with Gasteiger partial charge in [-0.15, -0.1) is 0 Å². The Morgan fingerprint density at radius 1 is 1.29 bits per heavy atom. The first-order valence-corrected chi connectivity index (χ1v) is 6.59. The normalized spacial score (nSPS) is 10.0. The molecule has 0 aromatic heterocycles. The summed E-state index contributed by atoms with van der Waals surface area (Å²) in [6, 6.07) is 10.5.